The Kier molecular flexibility index (Phi) is 9.06. The predicted molar refractivity (Wildman–Crippen MR) is 148 cm³/mol. The van der Waals surface area contributed by atoms with Gasteiger partial charge in [0.15, 0.2) is 5.58 Å². The van der Waals surface area contributed by atoms with Gasteiger partial charge in [-0.15, -0.1) is 0 Å². The Balaban J connectivity index is 1.32. The van der Waals surface area contributed by atoms with Gasteiger partial charge in [0.2, 0.25) is 5.91 Å². The maximum absolute atomic E-state index is 12.2. The van der Waals surface area contributed by atoms with Crippen LogP contribution in [0.25, 0.3) is 21.7 Å². The Bertz CT molecular complexity index is 1310. The first-order valence-electron chi connectivity index (χ1n) is 13.5. The van der Waals surface area contributed by atoms with E-state index >= 15 is 0 Å². The summed E-state index contributed by atoms with van der Waals surface area (Å²) < 4.78 is 17.0. The van der Waals surface area contributed by atoms with Crippen LogP contribution in [-0.2, 0) is 14.3 Å². The molecule has 3 aromatic rings. The summed E-state index contributed by atoms with van der Waals surface area (Å²) in [6.45, 7) is 8.18. The zero-order valence-electron chi connectivity index (χ0n) is 23.1. The van der Waals surface area contributed by atoms with E-state index in [1.165, 1.54) is 0 Å². The van der Waals surface area contributed by atoms with E-state index in [9.17, 15) is 14.4 Å². The largest absolute Gasteiger partial charge is 0.492 e. The summed E-state index contributed by atoms with van der Waals surface area (Å²) in [5.41, 5.74) is 0.659. The fourth-order valence-corrected chi connectivity index (χ4v) is 4.82. The number of nitrogens with one attached hydrogen (secondary N) is 2. The van der Waals surface area contributed by atoms with Crippen molar-refractivity contribution in [2.75, 3.05) is 33.3 Å². The molecule has 1 fully saturated rings. The molecule has 2 heterocycles. The highest BCUT2D eigenvalue weighted by Gasteiger charge is 2.26. The van der Waals surface area contributed by atoms with Gasteiger partial charge in [0.05, 0.1) is 11.3 Å². The highest BCUT2D eigenvalue weighted by Crippen LogP contribution is 2.34. The summed E-state index contributed by atoms with van der Waals surface area (Å²) in [5.74, 6) is 0.0853. The van der Waals surface area contributed by atoms with Crippen LogP contribution in [0.2, 0.25) is 0 Å². The fraction of sp³-hybridized carbons (Fsp3) is 0.517. The van der Waals surface area contributed by atoms with Gasteiger partial charge in [0, 0.05) is 39.1 Å². The number of amides is 2. The van der Waals surface area contributed by atoms with E-state index in [2.05, 4.69) is 15.8 Å². The second-order valence-electron chi connectivity index (χ2n) is 10.9. The maximum atomic E-state index is 12.2. The van der Waals surface area contributed by atoms with E-state index in [0.29, 0.717) is 50.0 Å². The van der Waals surface area contributed by atoms with Crippen molar-refractivity contribution in [1.29, 1.82) is 0 Å². The first kappa shape index (κ1) is 28.4. The smallest absolute Gasteiger partial charge is 0.410 e. The Morgan fingerprint density at radius 1 is 1.21 bits per heavy atom. The molecule has 10 nitrogen and oxygen atoms in total. The Morgan fingerprint density at radius 2 is 1.97 bits per heavy atom. The number of ether oxygens (including phenoxy) is 2. The van der Waals surface area contributed by atoms with Crippen LogP contribution in [0.5, 0.6) is 5.75 Å². The van der Waals surface area contributed by atoms with Crippen LogP contribution in [0.3, 0.4) is 0 Å². The lowest BCUT2D eigenvalue weighted by Gasteiger charge is -2.33. The van der Waals surface area contributed by atoms with Crippen molar-refractivity contribution in [3.63, 3.8) is 0 Å². The van der Waals surface area contributed by atoms with Gasteiger partial charge in [-0.05, 0) is 75.1 Å². The van der Waals surface area contributed by atoms with Crippen molar-refractivity contribution in [1.82, 2.24) is 20.7 Å². The van der Waals surface area contributed by atoms with Gasteiger partial charge < -0.3 is 34.3 Å². The number of carbonyl (C=O) groups excluding carboxylic acids is 3. The van der Waals surface area contributed by atoms with Crippen molar-refractivity contribution in [2.45, 2.75) is 64.0 Å². The lowest BCUT2D eigenvalue weighted by atomic mass is 9.95. The first-order chi connectivity index (χ1) is 18.7. The molecular formula is C29H38N4O6. The zero-order valence-corrected chi connectivity index (χ0v) is 23.1. The average Bonchev–Trinajstić information content (AvgIpc) is 3.35. The van der Waals surface area contributed by atoms with Crippen molar-refractivity contribution < 1.29 is 28.4 Å². The number of fused-ring (bicyclic) bond motifs is 3. The molecule has 2 N–H and O–H groups in total. The standard InChI is InChI=1S/C29H38N4O6/c1-29(2,3)38-28(36)33-14-11-21(12-15-33)31-13-16-37-22-7-8-23-19(17-22)5-9-24-26(23)27(32-39-24)20(18-34)6-10-25(35)30-4/h5,7-9,17-18,20-21,31H,6,10-16H2,1-4H3,(H,30,35). The second-order valence-corrected chi connectivity index (χ2v) is 10.9. The minimum Gasteiger partial charge on any atom is -0.492 e. The highest BCUT2D eigenvalue weighted by atomic mass is 16.6. The van der Waals surface area contributed by atoms with Crippen LogP contribution < -0.4 is 15.4 Å². The monoisotopic (exact) mass is 538 g/mol. The molecule has 1 aliphatic heterocycles. The molecule has 0 radical (unpaired) electrons. The number of rotatable bonds is 10. The first-order valence-corrected chi connectivity index (χ1v) is 13.5. The SMILES string of the molecule is CNC(=O)CCC(C=O)c1noc2ccc3cc(OCCNC4CCN(C(=O)OC(C)(C)C)CC4)ccc3c12. The zero-order chi connectivity index (χ0) is 28.0. The molecule has 39 heavy (non-hydrogen) atoms. The normalized spacial score (nSPS) is 15.3. The summed E-state index contributed by atoms with van der Waals surface area (Å²) in [4.78, 5) is 37.5. The van der Waals surface area contributed by atoms with Crippen molar-refractivity contribution in [2.24, 2.45) is 0 Å². The van der Waals surface area contributed by atoms with Crippen LogP contribution in [0.4, 0.5) is 4.79 Å². The average molecular weight is 539 g/mol. The third kappa shape index (κ3) is 7.26. The van der Waals surface area contributed by atoms with E-state index in [1.54, 1.807) is 11.9 Å². The highest BCUT2D eigenvalue weighted by molar-refractivity contribution is 6.08. The number of benzene rings is 2. The predicted octanol–water partition coefficient (Wildman–Crippen LogP) is 4.16. The fourth-order valence-electron chi connectivity index (χ4n) is 4.82. The molecule has 0 saturated carbocycles. The third-order valence-electron chi connectivity index (χ3n) is 6.88. The topological polar surface area (TPSA) is 123 Å². The van der Waals surface area contributed by atoms with Gasteiger partial charge in [-0.2, -0.15) is 0 Å². The van der Waals surface area contributed by atoms with Gasteiger partial charge in [-0.1, -0.05) is 11.2 Å². The molecule has 0 aliphatic carbocycles. The van der Waals surface area contributed by atoms with Crippen molar-refractivity contribution in [3.8, 4) is 5.75 Å². The molecule has 1 aliphatic rings. The van der Waals surface area contributed by atoms with E-state index in [1.807, 2.05) is 51.1 Å². The molecule has 2 amide bonds. The minimum atomic E-state index is -0.535. The van der Waals surface area contributed by atoms with Crippen molar-refractivity contribution >= 4 is 40.0 Å². The molecule has 1 unspecified atom stereocenters. The summed E-state index contributed by atoms with van der Waals surface area (Å²) in [5, 5.41) is 12.9. The summed E-state index contributed by atoms with van der Waals surface area (Å²) in [6, 6.07) is 9.93. The van der Waals surface area contributed by atoms with Gasteiger partial charge in [-0.25, -0.2) is 4.79 Å². The number of nitrogens with zero attached hydrogens (tertiary/aromatic N) is 2. The number of carbonyl (C=O) groups is 3. The van der Waals surface area contributed by atoms with E-state index in [-0.39, 0.29) is 18.4 Å². The molecule has 0 bridgehead atoms. The van der Waals surface area contributed by atoms with Gasteiger partial charge in [-0.3, -0.25) is 4.79 Å². The second kappa shape index (κ2) is 12.5. The molecule has 1 aromatic heterocycles. The molecule has 1 saturated heterocycles. The van der Waals surface area contributed by atoms with Gasteiger partial charge >= 0.3 is 6.09 Å². The van der Waals surface area contributed by atoms with Crippen molar-refractivity contribution in [3.05, 3.63) is 36.0 Å². The molecular weight excluding hydrogens is 500 g/mol. The Hall–Kier alpha value is -3.66. The van der Waals surface area contributed by atoms with Crippen LogP contribution in [0.15, 0.2) is 34.9 Å². The summed E-state index contributed by atoms with van der Waals surface area (Å²) in [7, 11) is 1.57. The lowest BCUT2D eigenvalue weighted by molar-refractivity contribution is -0.120. The molecule has 0 spiro atoms. The third-order valence-corrected chi connectivity index (χ3v) is 6.88. The van der Waals surface area contributed by atoms with E-state index in [4.69, 9.17) is 14.0 Å². The molecule has 210 valence electrons. The maximum Gasteiger partial charge on any atom is 0.410 e. The minimum absolute atomic E-state index is 0.123. The van der Waals surface area contributed by atoms with Crippen LogP contribution >= 0.6 is 0 Å². The number of likely N-dealkylation sites (tertiary alicyclic amines) is 1. The van der Waals surface area contributed by atoms with Gasteiger partial charge in [0.1, 0.15) is 29.9 Å². The van der Waals surface area contributed by atoms with Crippen LogP contribution in [0.1, 0.15) is 58.1 Å². The van der Waals surface area contributed by atoms with E-state index in [0.717, 1.165) is 41.0 Å². The van der Waals surface area contributed by atoms with Gasteiger partial charge in [0.25, 0.3) is 0 Å². The number of aldehydes is 1. The summed E-state index contributed by atoms with van der Waals surface area (Å²) >= 11 is 0. The number of aromatic nitrogens is 1. The molecule has 2 aromatic carbocycles. The molecule has 10 heteroatoms. The summed E-state index contributed by atoms with van der Waals surface area (Å²) in [6.07, 6.45) is 2.91. The number of hydrogen-bond donors (Lipinski definition) is 2. The number of hydrogen-bond acceptors (Lipinski definition) is 8. The van der Waals surface area contributed by atoms with E-state index < -0.39 is 11.5 Å². The molecule has 1 atom stereocenters. The molecule has 4 rings (SSSR count). The number of piperidine rings is 1. The Labute approximate surface area is 228 Å². The quantitative estimate of drug-likeness (QED) is 0.291. The van der Waals surface area contributed by atoms with Crippen LogP contribution in [0, 0.1) is 0 Å². The Morgan fingerprint density at radius 3 is 2.67 bits per heavy atom. The lowest BCUT2D eigenvalue weighted by Crippen LogP contribution is -2.47. The van der Waals surface area contributed by atoms with Crippen LogP contribution in [-0.4, -0.2) is 73.3 Å².